The van der Waals surface area contributed by atoms with Gasteiger partial charge in [0.2, 0.25) is 11.9 Å². The third kappa shape index (κ3) is 6.28. The van der Waals surface area contributed by atoms with E-state index in [4.69, 9.17) is 0 Å². The fraction of sp³-hybridized carbons (Fsp3) is 0.320. The first kappa shape index (κ1) is 24.5. The van der Waals surface area contributed by atoms with Gasteiger partial charge < -0.3 is 25.6 Å². The highest BCUT2D eigenvalue weighted by molar-refractivity contribution is 5.84. The van der Waals surface area contributed by atoms with Crippen molar-refractivity contribution in [2.45, 2.75) is 43.9 Å². The number of nitrogens with one attached hydrogen (secondary N) is 2. The largest absolute Gasteiger partial charge is 0.435 e. The average molecular weight is 485 g/mol. The van der Waals surface area contributed by atoms with Crippen molar-refractivity contribution >= 4 is 17.5 Å². The molecule has 4 N–H and O–H groups in total. The highest BCUT2D eigenvalue weighted by atomic mass is 19.3. The van der Waals surface area contributed by atoms with Crippen LogP contribution in [0.25, 0.3) is 11.1 Å². The van der Waals surface area contributed by atoms with Crippen LogP contribution in [0.1, 0.15) is 30.7 Å². The van der Waals surface area contributed by atoms with Crippen molar-refractivity contribution in [2.24, 2.45) is 0 Å². The lowest BCUT2D eigenvalue weighted by Crippen LogP contribution is -2.43. The van der Waals surface area contributed by atoms with Crippen molar-refractivity contribution in [3.63, 3.8) is 0 Å². The van der Waals surface area contributed by atoms with Gasteiger partial charge in [-0.15, -0.1) is 0 Å². The summed E-state index contributed by atoms with van der Waals surface area (Å²) in [4.78, 5) is 21.2. The Hall–Kier alpha value is -3.63. The van der Waals surface area contributed by atoms with E-state index in [0.29, 0.717) is 29.2 Å². The highest BCUT2D eigenvalue weighted by Gasteiger charge is 2.29. The molecular formula is C25H26F2N4O4. The zero-order valence-electron chi connectivity index (χ0n) is 18.8. The van der Waals surface area contributed by atoms with Gasteiger partial charge in [0.1, 0.15) is 5.75 Å². The molecule has 1 heterocycles. The number of hydrogen-bond acceptors (Lipinski definition) is 7. The molecule has 0 saturated heterocycles. The summed E-state index contributed by atoms with van der Waals surface area (Å²) < 4.78 is 28.9. The van der Waals surface area contributed by atoms with Crippen LogP contribution in [0.4, 0.5) is 20.4 Å². The number of carbonyl (C=O) groups excluding carboxylic acids is 1. The van der Waals surface area contributed by atoms with E-state index in [1.807, 2.05) is 0 Å². The fourth-order valence-electron chi connectivity index (χ4n) is 4.03. The van der Waals surface area contributed by atoms with E-state index >= 15 is 0 Å². The van der Waals surface area contributed by atoms with Crippen LogP contribution >= 0.6 is 0 Å². The standard InChI is InChI=1S/C25H26F2N4O4/c26-24(27)35-19-10-6-15(7-11-19)17-12-28-25(29-13-17)30-18-8-4-16(5-9-18)20(14-32)23(34)31-21-2-1-3-22(21)33/h4-13,20-22,24,32-33H,1-3,14H2,(H,31,34)(H,28,29,30)/t20?,21-,22+/m0/s1. The van der Waals surface area contributed by atoms with E-state index < -0.39 is 18.6 Å². The first-order valence-electron chi connectivity index (χ1n) is 11.3. The van der Waals surface area contributed by atoms with Gasteiger partial charge in [-0.05, 0) is 54.7 Å². The number of aromatic nitrogens is 2. The summed E-state index contributed by atoms with van der Waals surface area (Å²) in [7, 11) is 0. The zero-order chi connectivity index (χ0) is 24.8. The van der Waals surface area contributed by atoms with Crippen LogP contribution in [0.5, 0.6) is 5.75 Å². The molecule has 0 aliphatic heterocycles. The van der Waals surface area contributed by atoms with Gasteiger partial charge in [0, 0.05) is 23.6 Å². The molecule has 2 aromatic carbocycles. The fourth-order valence-corrected chi connectivity index (χ4v) is 4.03. The molecule has 10 heteroatoms. The maximum Gasteiger partial charge on any atom is 0.387 e. The molecule has 0 spiro atoms. The maximum absolute atomic E-state index is 12.6. The number of benzene rings is 2. The number of nitrogens with zero attached hydrogens (tertiary/aromatic N) is 2. The molecule has 1 aliphatic carbocycles. The van der Waals surface area contributed by atoms with E-state index in [1.165, 1.54) is 12.1 Å². The minimum Gasteiger partial charge on any atom is -0.435 e. The van der Waals surface area contributed by atoms with Crippen molar-refractivity contribution in [3.05, 3.63) is 66.5 Å². The number of anilines is 2. The summed E-state index contributed by atoms with van der Waals surface area (Å²) in [5, 5.41) is 25.6. The minimum absolute atomic E-state index is 0.0726. The minimum atomic E-state index is -2.87. The van der Waals surface area contributed by atoms with Gasteiger partial charge in [0.25, 0.3) is 0 Å². The first-order valence-corrected chi connectivity index (χ1v) is 11.3. The second-order valence-corrected chi connectivity index (χ2v) is 8.29. The molecule has 1 aromatic heterocycles. The third-order valence-corrected chi connectivity index (χ3v) is 5.94. The second-order valence-electron chi connectivity index (χ2n) is 8.29. The molecule has 0 radical (unpaired) electrons. The Morgan fingerprint density at radius 2 is 1.71 bits per heavy atom. The number of hydrogen-bond donors (Lipinski definition) is 4. The summed E-state index contributed by atoms with van der Waals surface area (Å²) >= 11 is 0. The van der Waals surface area contributed by atoms with Gasteiger partial charge in [-0.25, -0.2) is 9.97 Å². The van der Waals surface area contributed by atoms with Crippen molar-refractivity contribution in [2.75, 3.05) is 11.9 Å². The topological polar surface area (TPSA) is 117 Å². The molecule has 3 atom stereocenters. The van der Waals surface area contributed by atoms with E-state index in [-0.39, 0.29) is 24.3 Å². The number of ether oxygens (including phenoxy) is 1. The van der Waals surface area contributed by atoms with E-state index in [9.17, 15) is 23.8 Å². The number of aliphatic hydroxyl groups excluding tert-OH is 2. The van der Waals surface area contributed by atoms with Crippen LogP contribution in [-0.2, 0) is 4.79 Å². The SMILES string of the molecule is O=C(N[C@H]1CCC[C@H]1O)C(CO)c1ccc(Nc2ncc(-c3ccc(OC(F)F)cc3)cn2)cc1. The number of amides is 1. The van der Waals surface area contributed by atoms with E-state index in [0.717, 1.165) is 18.4 Å². The molecule has 8 nitrogen and oxygen atoms in total. The molecule has 3 aromatic rings. The second kappa shape index (κ2) is 11.2. The lowest BCUT2D eigenvalue weighted by molar-refractivity contribution is -0.124. The number of rotatable bonds is 9. The third-order valence-electron chi connectivity index (χ3n) is 5.94. The summed E-state index contributed by atoms with van der Waals surface area (Å²) in [5.41, 5.74) is 2.80. The smallest absolute Gasteiger partial charge is 0.387 e. The van der Waals surface area contributed by atoms with E-state index in [1.54, 1.807) is 48.8 Å². The molecule has 4 rings (SSSR count). The van der Waals surface area contributed by atoms with Crippen molar-refractivity contribution < 1.29 is 28.5 Å². The van der Waals surface area contributed by atoms with Crippen molar-refractivity contribution in [1.82, 2.24) is 15.3 Å². The van der Waals surface area contributed by atoms with Crippen LogP contribution in [0, 0.1) is 0 Å². The Morgan fingerprint density at radius 3 is 2.29 bits per heavy atom. The molecule has 1 unspecified atom stereocenters. The maximum atomic E-state index is 12.6. The predicted molar refractivity (Wildman–Crippen MR) is 125 cm³/mol. The molecular weight excluding hydrogens is 458 g/mol. The molecule has 0 bridgehead atoms. The molecule has 184 valence electrons. The first-order chi connectivity index (χ1) is 16.9. The van der Waals surface area contributed by atoms with Gasteiger partial charge in [-0.3, -0.25) is 4.79 Å². The summed E-state index contributed by atoms with van der Waals surface area (Å²) in [6.45, 7) is -3.22. The van der Waals surface area contributed by atoms with Crippen LogP contribution in [0.2, 0.25) is 0 Å². The summed E-state index contributed by atoms with van der Waals surface area (Å²) in [5.74, 6) is -0.619. The molecule has 35 heavy (non-hydrogen) atoms. The molecule has 1 aliphatic rings. The van der Waals surface area contributed by atoms with Gasteiger partial charge in [-0.1, -0.05) is 24.3 Å². The van der Waals surface area contributed by atoms with Gasteiger partial charge in [0.15, 0.2) is 0 Å². The van der Waals surface area contributed by atoms with Gasteiger partial charge >= 0.3 is 6.61 Å². The lowest BCUT2D eigenvalue weighted by Gasteiger charge is -2.21. The summed E-state index contributed by atoms with van der Waals surface area (Å²) in [6.07, 6.45) is 4.93. The molecule has 1 saturated carbocycles. The molecule has 1 fully saturated rings. The molecule has 1 amide bonds. The van der Waals surface area contributed by atoms with Crippen LogP contribution in [0.15, 0.2) is 60.9 Å². The predicted octanol–water partition coefficient (Wildman–Crippen LogP) is 3.59. The van der Waals surface area contributed by atoms with Gasteiger partial charge in [0.05, 0.1) is 24.7 Å². The zero-order valence-corrected chi connectivity index (χ0v) is 18.8. The quantitative estimate of drug-likeness (QED) is 0.367. The van der Waals surface area contributed by atoms with Crippen molar-refractivity contribution in [1.29, 1.82) is 0 Å². The van der Waals surface area contributed by atoms with Crippen LogP contribution < -0.4 is 15.4 Å². The van der Waals surface area contributed by atoms with Crippen LogP contribution in [-0.4, -0.2) is 51.5 Å². The lowest BCUT2D eigenvalue weighted by atomic mass is 9.98. The Kier molecular flexibility index (Phi) is 7.84. The Bertz CT molecular complexity index is 1110. The highest BCUT2D eigenvalue weighted by Crippen LogP contribution is 2.25. The van der Waals surface area contributed by atoms with Crippen molar-refractivity contribution in [3.8, 4) is 16.9 Å². The normalized spacial score (nSPS) is 18.3. The van der Waals surface area contributed by atoms with Gasteiger partial charge in [-0.2, -0.15) is 8.78 Å². The number of alkyl halides is 2. The monoisotopic (exact) mass is 484 g/mol. The summed E-state index contributed by atoms with van der Waals surface area (Å²) in [6, 6.07) is 12.9. The number of halogens is 2. The Morgan fingerprint density at radius 1 is 1.03 bits per heavy atom. The number of carbonyl (C=O) groups is 1. The van der Waals surface area contributed by atoms with Crippen LogP contribution in [0.3, 0.4) is 0 Å². The number of aliphatic hydroxyl groups is 2. The average Bonchev–Trinajstić information content (AvgIpc) is 3.25. The van der Waals surface area contributed by atoms with E-state index in [2.05, 4.69) is 25.3 Å². The Labute approximate surface area is 201 Å². The Balaban J connectivity index is 1.36.